The molecule has 6 nitrogen and oxygen atoms in total. The quantitative estimate of drug-likeness (QED) is 0.355. The van der Waals surface area contributed by atoms with Crippen LogP contribution in [0.25, 0.3) is 16.6 Å². The first kappa shape index (κ1) is 22.0. The van der Waals surface area contributed by atoms with Crippen LogP contribution in [0.5, 0.6) is 0 Å². The number of fused-ring (bicyclic) bond motifs is 2. The Hall–Kier alpha value is -4.26. The van der Waals surface area contributed by atoms with E-state index in [4.69, 9.17) is 0 Å². The van der Waals surface area contributed by atoms with Crippen LogP contribution >= 0.6 is 0 Å². The van der Waals surface area contributed by atoms with E-state index in [0.717, 1.165) is 23.1 Å². The maximum atomic E-state index is 13.5. The highest BCUT2D eigenvalue weighted by molar-refractivity contribution is 5.93. The van der Waals surface area contributed by atoms with Gasteiger partial charge in [-0.05, 0) is 72.0 Å². The summed E-state index contributed by atoms with van der Waals surface area (Å²) in [5, 5.41) is 9.86. The summed E-state index contributed by atoms with van der Waals surface area (Å²) >= 11 is 0. The van der Waals surface area contributed by atoms with Gasteiger partial charge in [0.15, 0.2) is 0 Å². The molecule has 0 spiro atoms. The monoisotopic (exact) mass is 491 g/mol. The molecular weight excluding hydrogens is 465 g/mol. The number of aromatic nitrogens is 4. The number of benzene rings is 3. The van der Waals surface area contributed by atoms with Crippen molar-refractivity contribution in [2.45, 2.75) is 18.3 Å². The number of hydrogen-bond acceptors (Lipinski definition) is 3. The van der Waals surface area contributed by atoms with Crippen molar-refractivity contribution >= 4 is 16.8 Å². The number of piperidine rings is 1. The number of nitrogens with zero attached hydrogens (tertiary/aromatic N) is 5. The molecule has 0 N–H and O–H groups in total. The van der Waals surface area contributed by atoms with Crippen molar-refractivity contribution in [3.05, 3.63) is 113 Å². The van der Waals surface area contributed by atoms with Gasteiger partial charge >= 0.3 is 0 Å². The molecule has 1 amide bonds. The fraction of sp³-hybridized carbons (Fsp3) is 0.233. The third-order valence-electron chi connectivity index (χ3n) is 8.35. The Labute approximate surface area is 213 Å². The summed E-state index contributed by atoms with van der Waals surface area (Å²) in [7, 11) is 1.81. The number of aryl methyl sites for hydroxylation is 2. The Balaban J connectivity index is 1.31. The second kappa shape index (κ2) is 7.87. The van der Waals surface area contributed by atoms with Gasteiger partial charge in [0.05, 0.1) is 17.4 Å². The van der Waals surface area contributed by atoms with Crippen molar-refractivity contribution in [1.82, 2.24) is 24.5 Å². The summed E-state index contributed by atoms with van der Waals surface area (Å²) in [6.45, 7) is 3.53. The molecule has 2 fully saturated rings. The number of hydrogen-bond donors (Lipinski definition) is 0. The smallest absolute Gasteiger partial charge is 0.272 e. The predicted octanol–water partition coefficient (Wildman–Crippen LogP) is 5.01. The molecule has 37 heavy (non-hydrogen) atoms. The lowest BCUT2D eigenvalue weighted by atomic mass is 9.86. The van der Waals surface area contributed by atoms with E-state index in [2.05, 4.69) is 53.5 Å². The van der Waals surface area contributed by atoms with Gasteiger partial charge in [-0.25, -0.2) is 9.07 Å². The van der Waals surface area contributed by atoms with E-state index in [9.17, 15) is 9.18 Å². The van der Waals surface area contributed by atoms with Gasteiger partial charge in [0, 0.05) is 43.1 Å². The first-order chi connectivity index (χ1) is 18.0. The molecule has 3 atom stereocenters. The molecule has 7 rings (SSSR count). The standard InChI is InChI=1S/C30H26FN5O/c1-19-14-27-21(16-33-36(27)23-10-8-22(31)9-11-23)15-24(19)30-18-35(29(37)26-12-13-32-34(26)2)17-25(30)28(30)20-6-4-3-5-7-20/h3-16,25,28H,17-18H2,1-2H3/t25-,28-,30+/m0/s1. The zero-order valence-corrected chi connectivity index (χ0v) is 20.7. The van der Waals surface area contributed by atoms with E-state index < -0.39 is 0 Å². The van der Waals surface area contributed by atoms with Gasteiger partial charge < -0.3 is 4.90 Å². The Kier molecular flexibility index (Phi) is 4.67. The second-order valence-electron chi connectivity index (χ2n) is 10.3. The Morgan fingerprint density at radius 1 is 1.03 bits per heavy atom. The Morgan fingerprint density at radius 2 is 1.81 bits per heavy atom. The summed E-state index contributed by atoms with van der Waals surface area (Å²) < 4.78 is 17.0. The fourth-order valence-corrected chi connectivity index (χ4v) is 6.63. The lowest BCUT2D eigenvalue weighted by Gasteiger charge is -2.26. The zero-order chi connectivity index (χ0) is 25.3. The van der Waals surface area contributed by atoms with E-state index in [1.165, 1.54) is 28.8 Å². The maximum Gasteiger partial charge on any atom is 0.272 e. The van der Waals surface area contributed by atoms with Gasteiger partial charge in [-0.2, -0.15) is 10.2 Å². The van der Waals surface area contributed by atoms with Crippen molar-refractivity contribution in [1.29, 1.82) is 0 Å². The second-order valence-corrected chi connectivity index (χ2v) is 10.3. The van der Waals surface area contributed by atoms with E-state index in [1.807, 2.05) is 28.9 Å². The fourth-order valence-electron chi connectivity index (χ4n) is 6.63. The molecule has 0 unspecified atom stereocenters. The van der Waals surface area contributed by atoms with Crippen LogP contribution in [0.15, 0.2) is 85.2 Å². The number of carbonyl (C=O) groups is 1. The Bertz CT molecular complexity index is 1650. The topological polar surface area (TPSA) is 56.0 Å². The van der Waals surface area contributed by atoms with Crippen LogP contribution in [0.3, 0.4) is 0 Å². The van der Waals surface area contributed by atoms with Gasteiger partial charge in [-0.3, -0.25) is 9.48 Å². The summed E-state index contributed by atoms with van der Waals surface area (Å²) in [6.07, 6.45) is 3.55. The molecule has 1 saturated heterocycles. The third-order valence-corrected chi connectivity index (χ3v) is 8.35. The summed E-state index contributed by atoms with van der Waals surface area (Å²) in [5.74, 6) is 0.458. The molecule has 1 saturated carbocycles. The van der Waals surface area contributed by atoms with Crippen LogP contribution in [0.1, 0.15) is 33.1 Å². The normalized spacial score (nSPS) is 22.4. The summed E-state index contributed by atoms with van der Waals surface area (Å²) in [6, 6.07) is 23.3. The summed E-state index contributed by atoms with van der Waals surface area (Å²) in [5.41, 5.74) is 6.04. The zero-order valence-electron chi connectivity index (χ0n) is 20.7. The molecule has 3 aromatic carbocycles. The van der Waals surface area contributed by atoms with Crippen LogP contribution < -0.4 is 0 Å². The molecule has 5 aromatic rings. The van der Waals surface area contributed by atoms with Gasteiger partial charge in [0.2, 0.25) is 0 Å². The molecule has 1 aliphatic carbocycles. The third kappa shape index (κ3) is 3.19. The largest absolute Gasteiger partial charge is 0.336 e. The number of halogens is 1. The van der Waals surface area contributed by atoms with E-state index in [0.29, 0.717) is 24.1 Å². The predicted molar refractivity (Wildman–Crippen MR) is 139 cm³/mol. The van der Waals surface area contributed by atoms with Crippen LogP contribution in [-0.2, 0) is 12.5 Å². The minimum Gasteiger partial charge on any atom is -0.336 e. The van der Waals surface area contributed by atoms with E-state index in [-0.39, 0.29) is 17.1 Å². The minimum absolute atomic E-state index is 0.0289. The van der Waals surface area contributed by atoms with Crippen molar-refractivity contribution in [3.63, 3.8) is 0 Å². The molecule has 0 bridgehead atoms. The van der Waals surface area contributed by atoms with Crippen molar-refractivity contribution in [2.75, 3.05) is 13.1 Å². The van der Waals surface area contributed by atoms with Crippen LogP contribution in [0.2, 0.25) is 0 Å². The highest BCUT2D eigenvalue weighted by atomic mass is 19.1. The molecule has 3 heterocycles. The average Bonchev–Trinajstić information content (AvgIpc) is 3.32. The first-order valence-corrected chi connectivity index (χ1v) is 12.5. The van der Waals surface area contributed by atoms with Crippen LogP contribution in [0.4, 0.5) is 4.39 Å². The molecular formula is C30H26FN5O. The minimum atomic E-state index is -0.268. The lowest BCUT2D eigenvalue weighted by Crippen LogP contribution is -2.35. The van der Waals surface area contributed by atoms with Gasteiger partial charge in [0.1, 0.15) is 11.5 Å². The molecule has 0 radical (unpaired) electrons. The SMILES string of the molecule is Cc1cc2c(cnn2-c2ccc(F)cc2)cc1[C@]12CN(C(=O)c3ccnn3C)C[C@H]1[C@@H]2c1ccccc1. The lowest BCUT2D eigenvalue weighted by molar-refractivity contribution is 0.0758. The van der Waals surface area contributed by atoms with Gasteiger partial charge in [-0.1, -0.05) is 30.3 Å². The van der Waals surface area contributed by atoms with Crippen LogP contribution in [-0.4, -0.2) is 43.5 Å². The van der Waals surface area contributed by atoms with Crippen molar-refractivity contribution in [3.8, 4) is 5.69 Å². The first-order valence-electron chi connectivity index (χ1n) is 12.5. The highest BCUT2D eigenvalue weighted by Crippen LogP contribution is 2.69. The molecule has 7 heteroatoms. The molecule has 1 aliphatic heterocycles. The molecule has 184 valence electrons. The Morgan fingerprint density at radius 3 is 2.54 bits per heavy atom. The molecule has 2 aromatic heterocycles. The highest BCUT2D eigenvalue weighted by Gasteiger charge is 2.71. The number of rotatable bonds is 4. The van der Waals surface area contributed by atoms with Crippen molar-refractivity contribution in [2.24, 2.45) is 13.0 Å². The number of likely N-dealkylation sites (tertiary alicyclic amines) is 1. The molecule has 2 aliphatic rings. The number of amides is 1. The van der Waals surface area contributed by atoms with Crippen LogP contribution in [0, 0.1) is 18.7 Å². The average molecular weight is 492 g/mol. The maximum absolute atomic E-state index is 13.5. The van der Waals surface area contributed by atoms with E-state index in [1.54, 1.807) is 29.1 Å². The van der Waals surface area contributed by atoms with Crippen molar-refractivity contribution < 1.29 is 9.18 Å². The van der Waals surface area contributed by atoms with Gasteiger partial charge in [0.25, 0.3) is 5.91 Å². The van der Waals surface area contributed by atoms with Gasteiger partial charge in [-0.15, -0.1) is 0 Å². The number of carbonyl (C=O) groups excluding carboxylic acids is 1. The summed E-state index contributed by atoms with van der Waals surface area (Å²) in [4.78, 5) is 15.4. The van der Waals surface area contributed by atoms with E-state index >= 15 is 0 Å².